The Labute approximate surface area is 123 Å². The molecule has 1 amide bonds. The molecule has 118 valence electrons. The Balaban J connectivity index is 3.05. The predicted octanol–water partition coefficient (Wildman–Crippen LogP) is 1.50. The van der Waals surface area contributed by atoms with Gasteiger partial charge < -0.3 is 5.32 Å². The summed E-state index contributed by atoms with van der Waals surface area (Å²) in [6.07, 6.45) is 0. The van der Waals surface area contributed by atoms with Gasteiger partial charge in [0.15, 0.2) is 0 Å². The molecule has 8 heteroatoms. The summed E-state index contributed by atoms with van der Waals surface area (Å²) in [5.41, 5.74) is 0. The average molecular weight is 320 g/mol. The SMILES string of the molecule is CCN(CC(=O)NC(C)C)S(=O)(=O)c1ccc(F)cc1F. The summed E-state index contributed by atoms with van der Waals surface area (Å²) in [5, 5.41) is 2.56. The first kappa shape index (κ1) is 17.5. The van der Waals surface area contributed by atoms with Gasteiger partial charge in [0.1, 0.15) is 16.5 Å². The van der Waals surface area contributed by atoms with Crippen molar-refractivity contribution in [2.75, 3.05) is 13.1 Å². The molecule has 1 aromatic carbocycles. The minimum absolute atomic E-state index is 0.00926. The molecule has 0 aliphatic heterocycles. The number of hydrogen-bond donors (Lipinski definition) is 1. The van der Waals surface area contributed by atoms with Crippen molar-refractivity contribution in [3.63, 3.8) is 0 Å². The minimum Gasteiger partial charge on any atom is -0.353 e. The molecule has 0 atom stereocenters. The first-order chi connectivity index (χ1) is 9.68. The van der Waals surface area contributed by atoms with E-state index in [9.17, 15) is 22.0 Å². The van der Waals surface area contributed by atoms with Crippen molar-refractivity contribution in [2.24, 2.45) is 0 Å². The lowest BCUT2D eigenvalue weighted by Crippen LogP contribution is -2.42. The number of sulfonamides is 1. The fraction of sp³-hybridized carbons (Fsp3) is 0.462. The number of nitrogens with zero attached hydrogens (tertiary/aromatic N) is 1. The number of amides is 1. The Morgan fingerprint density at radius 3 is 2.43 bits per heavy atom. The standard InChI is InChI=1S/C13H18F2N2O3S/c1-4-17(8-13(18)16-9(2)3)21(19,20)12-6-5-10(14)7-11(12)15/h5-7,9H,4,8H2,1-3H3,(H,16,18). The van der Waals surface area contributed by atoms with Gasteiger partial charge in [-0.05, 0) is 26.0 Å². The number of nitrogens with one attached hydrogen (secondary N) is 1. The van der Waals surface area contributed by atoms with Crippen molar-refractivity contribution in [1.29, 1.82) is 0 Å². The molecule has 0 unspecified atom stereocenters. The summed E-state index contributed by atoms with van der Waals surface area (Å²) >= 11 is 0. The van der Waals surface area contributed by atoms with E-state index in [1.807, 2.05) is 0 Å². The molecule has 1 rings (SSSR count). The number of carbonyl (C=O) groups excluding carboxylic acids is 1. The number of carbonyl (C=O) groups is 1. The third-order valence-electron chi connectivity index (χ3n) is 2.63. The summed E-state index contributed by atoms with van der Waals surface area (Å²) in [6.45, 7) is 4.57. The average Bonchev–Trinajstić information content (AvgIpc) is 2.34. The van der Waals surface area contributed by atoms with Gasteiger partial charge in [-0.25, -0.2) is 17.2 Å². The van der Waals surface area contributed by atoms with E-state index in [1.165, 1.54) is 6.92 Å². The number of likely N-dealkylation sites (N-methyl/N-ethyl adjacent to an activating group) is 1. The van der Waals surface area contributed by atoms with Crippen molar-refractivity contribution in [3.05, 3.63) is 29.8 Å². The molecule has 0 spiro atoms. The zero-order valence-electron chi connectivity index (χ0n) is 12.1. The smallest absolute Gasteiger partial charge is 0.246 e. The predicted molar refractivity (Wildman–Crippen MR) is 74.1 cm³/mol. The molecule has 0 aliphatic carbocycles. The van der Waals surface area contributed by atoms with E-state index in [-0.39, 0.29) is 12.6 Å². The van der Waals surface area contributed by atoms with Crippen LogP contribution in [-0.2, 0) is 14.8 Å². The zero-order chi connectivity index (χ0) is 16.2. The number of hydrogen-bond acceptors (Lipinski definition) is 3. The molecule has 0 radical (unpaired) electrons. The van der Waals surface area contributed by atoms with E-state index >= 15 is 0 Å². The van der Waals surface area contributed by atoms with Gasteiger partial charge in [0.05, 0.1) is 6.54 Å². The second-order valence-electron chi connectivity index (χ2n) is 4.73. The second kappa shape index (κ2) is 6.95. The molecule has 0 saturated carbocycles. The van der Waals surface area contributed by atoms with Crippen molar-refractivity contribution < 1.29 is 22.0 Å². The van der Waals surface area contributed by atoms with Gasteiger partial charge in [0, 0.05) is 18.7 Å². The first-order valence-corrected chi connectivity index (χ1v) is 7.87. The van der Waals surface area contributed by atoms with Crippen molar-refractivity contribution in [1.82, 2.24) is 9.62 Å². The first-order valence-electron chi connectivity index (χ1n) is 6.43. The molecule has 0 fully saturated rings. The van der Waals surface area contributed by atoms with Gasteiger partial charge in [-0.3, -0.25) is 4.79 Å². The summed E-state index contributed by atoms with van der Waals surface area (Å²) < 4.78 is 51.9. The fourth-order valence-electron chi connectivity index (χ4n) is 1.72. The maximum atomic E-state index is 13.6. The zero-order valence-corrected chi connectivity index (χ0v) is 12.9. The second-order valence-corrected chi connectivity index (χ2v) is 6.63. The Bertz CT molecular complexity index is 618. The summed E-state index contributed by atoms with van der Waals surface area (Å²) in [7, 11) is -4.20. The monoisotopic (exact) mass is 320 g/mol. The van der Waals surface area contributed by atoms with Crippen LogP contribution in [0.5, 0.6) is 0 Å². The van der Waals surface area contributed by atoms with E-state index in [0.717, 1.165) is 16.4 Å². The van der Waals surface area contributed by atoms with E-state index < -0.39 is 39.0 Å². The van der Waals surface area contributed by atoms with Gasteiger partial charge in [0.25, 0.3) is 0 Å². The van der Waals surface area contributed by atoms with Gasteiger partial charge in [-0.15, -0.1) is 0 Å². The van der Waals surface area contributed by atoms with Crippen molar-refractivity contribution in [3.8, 4) is 0 Å². The highest BCUT2D eigenvalue weighted by atomic mass is 32.2. The normalized spacial score (nSPS) is 12.0. The van der Waals surface area contributed by atoms with Crippen LogP contribution in [0.1, 0.15) is 20.8 Å². The molecule has 0 saturated heterocycles. The topological polar surface area (TPSA) is 66.5 Å². The van der Waals surface area contributed by atoms with Crippen molar-refractivity contribution in [2.45, 2.75) is 31.7 Å². The third kappa shape index (κ3) is 4.47. The molecular formula is C13H18F2N2O3S. The van der Waals surface area contributed by atoms with Gasteiger partial charge in [-0.2, -0.15) is 4.31 Å². The van der Waals surface area contributed by atoms with E-state index in [2.05, 4.69) is 5.32 Å². The molecule has 0 aliphatic rings. The quantitative estimate of drug-likeness (QED) is 0.864. The number of rotatable bonds is 6. The highest BCUT2D eigenvalue weighted by Gasteiger charge is 2.28. The van der Waals surface area contributed by atoms with Crippen LogP contribution in [0.15, 0.2) is 23.1 Å². The van der Waals surface area contributed by atoms with Crippen LogP contribution in [0.2, 0.25) is 0 Å². The fourth-order valence-corrected chi connectivity index (χ4v) is 3.17. The molecule has 21 heavy (non-hydrogen) atoms. The third-order valence-corrected chi connectivity index (χ3v) is 4.59. The van der Waals surface area contributed by atoms with Crippen LogP contribution in [0.25, 0.3) is 0 Å². The summed E-state index contributed by atoms with van der Waals surface area (Å²) in [6, 6.07) is 2.07. The van der Waals surface area contributed by atoms with Crippen LogP contribution < -0.4 is 5.32 Å². The van der Waals surface area contributed by atoms with Crippen LogP contribution in [0.3, 0.4) is 0 Å². The minimum atomic E-state index is -4.20. The lowest BCUT2D eigenvalue weighted by molar-refractivity contribution is -0.121. The molecule has 5 nitrogen and oxygen atoms in total. The van der Waals surface area contributed by atoms with Crippen LogP contribution in [0.4, 0.5) is 8.78 Å². The Morgan fingerprint density at radius 2 is 1.95 bits per heavy atom. The maximum absolute atomic E-state index is 13.6. The van der Waals surface area contributed by atoms with Crippen LogP contribution in [0, 0.1) is 11.6 Å². The molecular weight excluding hydrogens is 302 g/mol. The molecule has 0 aromatic heterocycles. The van der Waals surface area contributed by atoms with Crippen LogP contribution in [-0.4, -0.2) is 37.8 Å². The number of halogens is 2. The Kier molecular flexibility index (Phi) is 5.79. The highest BCUT2D eigenvalue weighted by molar-refractivity contribution is 7.89. The van der Waals surface area contributed by atoms with E-state index in [1.54, 1.807) is 13.8 Å². The van der Waals surface area contributed by atoms with Gasteiger partial charge >= 0.3 is 0 Å². The summed E-state index contributed by atoms with van der Waals surface area (Å²) in [5.74, 6) is -2.54. The lowest BCUT2D eigenvalue weighted by atomic mass is 10.3. The van der Waals surface area contributed by atoms with E-state index in [4.69, 9.17) is 0 Å². The molecule has 1 N–H and O–H groups in total. The van der Waals surface area contributed by atoms with Crippen LogP contribution >= 0.6 is 0 Å². The molecule has 0 bridgehead atoms. The Hall–Kier alpha value is -1.54. The van der Waals surface area contributed by atoms with E-state index in [0.29, 0.717) is 6.07 Å². The highest BCUT2D eigenvalue weighted by Crippen LogP contribution is 2.19. The molecule has 1 aromatic rings. The molecule has 0 heterocycles. The maximum Gasteiger partial charge on any atom is 0.246 e. The number of benzene rings is 1. The lowest BCUT2D eigenvalue weighted by Gasteiger charge is -2.21. The van der Waals surface area contributed by atoms with Crippen molar-refractivity contribution >= 4 is 15.9 Å². The summed E-state index contributed by atoms with van der Waals surface area (Å²) in [4.78, 5) is 11.0. The largest absolute Gasteiger partial charge is 0.353 e. The Morgan fingerprint density at radius 1 is 1.33 bits per heavy atom. The van der Waals surface area contributed by atoms with Gasteiger partial charge in [0.2, 0.25) is 15.9 Å². The van der Waals surface area contributed by atoms with Gasteiger partial charge in [-0.1, -0.05) is 6.92 Å².